The molecule has 1 atom stereocenters. The van der Waals surface area contributed by atoms with Crippen LogP contribution in [0.5, 0.6) is 0 Å². The quantitative estimate of drug-likeness (QED) is 0.203. The summed E-state index contributed by atoms with van der Waals surface area (Å²) in [4.78, 5) is 26.5. The summed E-state index contributed by atoms with van der Waals surface area (Å²) in [6.45, 7) is 4.82. The molecule has 0 aliphatic rings. The van der Waals surface area contributed by atoms with E-state index >= 15 is 0 Å². The Bertz CT molecular complexity index is 1360. The van der Waals surface area contributed by atoms with Crippen molar-refractivity contribution in [2.75, 3.05) is 57.5 Å². The number of aromatic nitrogens is 4. The molecule has 11 nitrogen and oxygen atoms in total. The lowest BCUT2D eigenvalue weighted by Crippen LogP contribution is -2.34. The third-order valence-corrected chi connectivity index (χ3v) is 7.90. The number of para-hydroxylation sites is 1. The molecule has 0 aliphatic carbocycles. The van der Waals surface area contributed by atoms with Crippen molar-refractivity contribution in [2.24, 2.45) is 0 Å². The van der Waals surface area contributed by atoms with Gasteiger partial charge in [-0.05, 0) is 64.7 Å². The molecule has 0 amide bonds. The maximum absolute atomic E-state index is 11.5. The average molecular weight is 571 g/mol. The van der Waals surface area contributed by atoms with Crippen LogP contribution in [0.2, 0.25) is 0 Å². The Balaban J connectivity index is 1.46. The van der Waals surface area contributed by atoms with Crippen LogP contribution in [0.4, 0.5) is 21.9 Å². The molecule has 3 heterocycles. The fraction of sp³-hybridized carbons (Fsp3) is 0.423. The number of likely N-dealkylation sites (N-methyl/N-ethyl adjacent to an activating group) is 2. The smallest absolute Gasteiger partial charge is 0.355 e. The zero-order chi connectivity index (χ0) is 27.9. The summed E-state index contributed by atoms with van der Waals surface area (Å²) in [5.41, 5.74) is 1.77. The number of aliphatic hydroxyl groups excluding tert-OH is 1. The number of carboxylic acids is 1. The van der Waals surface area contributed by atoms with E-state index in [1.807, 2.05) is 63.3 Å². The number of nitrogens with one attached hydrogen (secondary N) is 1. The van der Waals surface area contributed by atoms with Crippen LogP contribution in [0, 0.1) is 6.92 Å². The van der Waals surface area contributed by atoms with Gasteiger partial charge in [0.2, 0.25) is 0 Å². The van der Waals surface area contributed by atoms with Gasteiger partial charge in [0.1, 0.15) is 0 Å². The highest BCUT2D eigenvalue weighted by molar-refractivity contribution is 7.22. The minimum absolute atomic E-state index is 0.0126. The number of fused-ring (bicyclic) bond motifs is 1. The number of aromatic carboxylic acids is 1. The summed E-state index contributed by atoms with van der Waals surface area (Å²) >= 11 is 2.78. The predicted molar refractivity (Wildman–Crippen MR) is 157 cm³/mol. The first-order valence-electron chi connectivity index (χ1n) is 12.6. The molecule has 3 N–H and O–H groups in total. The molecule has 0 radical (unpaired) electrons. The minimum atomic E-state index is -1.08. The highest BCUT2D eigenvalue weighted by Gasteiger charge is 2.20. The summed E-state index contributed by atoms with van der Waals surface area (Å²) in [5, 5.41) is 34.8. The molecular formula is C26H34N8O3S2. The molecule has 3 aromatic heterocycles. The molecular weight excluding hydrogens is 536 g/mol. The molecule has 4 rings (SSSR count). The second kappa shape index (κ2) is 13.2. The minimum Gasteiger partial charge on any atom is -0.476 e. The number of hydrogen-bond acceptors (Lipinski definition) is 12. The Morgan fingerprint density at radius 2 is 1.90 bits per heavy atom. The number of anilines is 4. The topological polar surface area (TPSA) is 131 Å². The molecule has 0 saturated carbocycles. The van der Waals surface area contributed by atoms with E-state index in [4.69, 9.17) is 0 Å². The molecule has 13 heteroatoms. The van der Waals surface area contributed by atoms with Crippen molar-refractivity contribution >= 4 is 60.8 Å². The Morgan fingerprint density at radius 3 is 2.59 bits per heavy atom. The standard InChI is InChI=1S/C26H34N8O3S2/c1-17-14-22(30-31-23(17)29-25-27-19-9-5-6-10-21(19)39-25)34(26-28-20(16-38-26)24(36)37)11-7-8-18(35)15-33(4)13-12-32(2)3/h5-6,9-10,14,16,18,35H,7-8,11-13,15H2,1-4H3,(H,36,37)(H,27,29,31). The number of rotatable bonds is 14. The van der Waals surface area contributed by atoms with Crippen molar-refractivity contribution < 1.29 is 15.0 Å². The maximum Gasteiger partial charge on any atom is 0.355 e. The summed E-state index contributed by atoms with van der Waals surface area (Å²) in [5.74, 6) is 0.0804. The normalized spacial score (nSPS) is 12.4. The predicted octanol–water partition coefficient (Wildman–Crippen LogP) is 4.07. The summed E-state index contributed by atoms with van der Waals surface area (Å²) < 4.78 is 1.08. The molecule has 1 aromatic carbocycles. The number of hydrogen-bond donors (Lipinski definition) is 3. The molecule has 0 spiro atoms. The molecule has 4 aromatic rings. The van der Waals surface area contributed by atoms with Gasteiger partial charge in [0, 0.05) is 31.6 Å². The first-order chi connectivity index (χ1) is 18.7. The van der Waals surface area contributed by atoms with E-state index < -0.39 is 12.1 Å². The van der Waals surface area contributed by atoms with E-state index in [1.165, 1.54) is 16.7 Å². The lowest BCUT2D eigenvalue weighted by atomic mass is 10.2. The van der Waals surface area contributed by atoms with Crippen molar-refractivity contribution in [2.45, 2.75) is 25.9 Å². The van der Waals surface area contributed by atoms with Crippen molar-refractivity contribution in [3.8, 4) is 0 Å². The van der Waals surface area contributed by atoms with Crippen LogP contribution in [0.1, 0.15) is 28.9 Å². The fourth-order valence-corrected chi connectivity index (χ4v) is 5.64. The van der Waals surface area contributed by atoms with Crippen LogP contribution >= 0.6 is 22.7 Å². The molecule has 0 bridgehead atoms. The van der Waals surface area contributed by atoms with Crippen LogP contribution in [-0.2, 0) is 0 Å². The number of benzene rings is 1. The molecule has 208 valence electrons. The lowest BCUT2D eigenvalue weighted by Gasteiger charge is -2.24. The van der Waals surface area contributed by atoms with E-state index in [-0.39, 0.29) is 5.69 Å². The van der Waals surface area contributed by atoms with Gasteiger partial charge in [-0.1, -0.05) is 23.5 Å². The molecule has 1 unspecified atom stereocenters. The van der Waals surface area contributed by atoms with Crippen LogP contribution in [-0.4, -0.2) is 99.6 Å². The summed E-state index contributed by atoms with van der Waals surface area (Å²) in [6, 6.07) is 9.83. The van der Waals surface area contributed by atoms with E-state index in [0.29, 0.717) is 42.7 Å². The number of aryl methyl sites for hydroxylation is 1. The van der Waals surface area contributed by atoms with Gasteiger partial charge < -0.3 is 30.2 Å². The first kappa shape index (κ1) is 28.8. The molecule has 0 fully saturated rings. The van der Waals surface area contributed by atoms with Crippen molar-refractivity contribution in [1.82, 2.24) is 30.0 Å². The Hall–Kier alpha value is -3.23. The van der Waals surface area contributed by atoms with E-state index in [9.17, 15) is 15.0 Å². The SMILES string of the molecule is Cc1cc(N(CCCC(O)CN(C)CCN(C)C)c2nc(C(=O)O)cs2)nnc1Nc1nc2ccccc2s1. The molecule has 0 aliphatic heterocycles. The lowest BCUT2D eigenvalue weighted by molar-refractivity contribution is 0.0691. The van der Waals surface area contributed by atoms with Crippen molar-refractivity contribution in [3.05, 3.63) is 47.0 Å². The van der Waals surface area contributed by atoms with Gasteiger partial charge in [-0.15, -0.1) is 21.5 Å². The zero-order valence-corrected chi connectivity index (χ0v) is 24.2. The average Bonchev–Trinajstić information content (AvgIpc) is 3.54. The Kier molecular flexibility index (Phi) is 9.75. The number of thiazole rings is 2. The molecule has 0 saturated heterocycles. The summed E-state index contributed by atoms with van der Waals surface area (Å²) in [7, 11) is 6.06. The number of aliphatic hydroxyl groups is 1. The highest BCUT2D eigenvalue weighted by Crippen LogP contribution is 2.31. The number of carboxylic acid groups (broad SMARTS) is 1. The number of nitrogens with zero attached hydrogens (tertiary/aromatic N) is 7. The van der Waals surface area contributed by atoms with Crippen molar-refractivity contribution in [1.29, 1.82) is 0 Å². The monoisotopic (exact) mass is 570 g/mol. The van der Waals surface area contributed by atoms with E-state index in [2.05, 4.69) is 35.3 Å². The van der Waals surface area contributed by atoms with Crippen molar-refractivity contribution in [3.63, 3.8) is 0 Å². The second-order valence-electron chi connectivity index (χ2n) is 9.68. The maximum atomic E-state index is 11.5. The first-order valence-corrected chi connectivity index (χ1v) is 14.3. The Morgan fingerprint density at radius 1 is 1.10 bits per heavy atom. The largest absolute Gasteiger partial charge is 0.476 e. The Labute approximate surface area is 235 Å². The zero-order valence-electron chi connectivity index (χ0n) is 22.5. The van der Waals surface area contributed by atoms with Crippen LogP contribution < -0.4 is 10.2 Å². The van der Waals surface area contributed by atoms with Gasteiger partial charge in [-0.3, -0.25) is 0 Å². The van der Waals surface area contributed by atoms with Crippen LogP contribution in [0.3, 0.4) is 0 Å². The van der Waals surface area contributed by atoms with E-state index in [0.717, 1.165) is 34.0 Å². The second-order valence-corrected chi connectivity index (χ2v) is 11.5. The third-order valence-electron chi connectivity index (χ3n) is 6.08. The van der Waals surface area contributed by atoms with Gasteiger partial charge >= 0.3 is 5.97 Å². The van der Waals surface area contributed by atoms with Gasteiger partial charge in [0.05, 0.1) is 16.3 Å². The summed E-state index contributed by atoms with van der Waals surface area (Å²) in [6.07, 6.45) is 0.777. The van der Waals surface area contributed by atoms with Crippen LogP contribution in [0.15, 0.2) is 35.7 Å². The van der Waals surface area contributed by atoms with Gasteiger partial charge in [-0.25, -0.2) is 14.8 Å². The van der Waals surface area contributed by atoms with Gasteiger partial charge in [-0.2, -0.15) is 0 Å². The fourth-order valence-electron chi connectivity index (χ4n) is 3.95. The molecule has 39 heavy (non-hydrogen) atoms. The highest BCUT2D eigenvalue weighted by atomic mass is 32.1. The van der Waals surface area contributed by atoms with Gasteiger partial charge in [0.15, 0.2) is 27.6 Å². The number of carbonyl (C=O) groups is 1. The van der Waals surface area contributed by atoms with Crippen LogP contribution in [0.25, 0.3) is 10.2 Å². The third kappa shape index (κ3) is 7.90. The van der Waals surface area contributed by atoms with E-state index in [1.54, 1.807) is 11.3 Å². The van der Waals surface area contributed by atoms with Gasteiger partial charge in [0.25, 0.3) is 0 Å².